The zero-order chi connectivity index (χ0) is 11.5. The molecule has 0 fully saturated rings. The average molecular weight is 215 g/mol. The van der Waals surface area contributed by atoms with Crippen LogP contribution < -0.4 is 11.1 Å². The molecule has 3 N–H and O–H groups in total. The molecule has 2 rings (SSSR count). The molecule has 0 spiro atoms. The molecule has 1 atom stereocenters. The van der Waals surface area contributed by atoms with E-state index in [0.29, 0.717) is 0 Å². The molecule has 1 heterocycles. The molecule has 1 aromatic carbocycles. The van der Waals surface area contributed by atoms with Gasteiger partial charge in [0.25, 0.3) is 0 Å². The highest BCUT2D eigenvalue weighted by atomic mass is 16.2. The highest BCUT2D eigenvalue weighted by molar-refractivity contribution is 6.03. The number of carbonyl (C=O) groups is 1. The minimum atomic E-state index is -0.521. The summed E-state index contributed by atoms with van der Waals surface area (Å²) >= 11 is 0. The molecular formula is C12H13N3O. The lowest BCUT2D eigenvalue weighted by atomic mass is 10.1. The van der Waals surface area contributed by atoms with E-state index in [-0.39, 0.29) is 5.91 Å². The van der Waals surface area contributed by atoms with Gasteiger partial charge < -0.3 is 11.1 Å². The lowest BCUT2D eigenvalue weighted by Crippen LogP contribution is -2.32. The molecule has 1 aromatic heterocycles. The molecular weight excluding hydrogens is 202 g/mol. The number of nitrogens with one attached hydrogen (secondary N) is 1. The topological polar surface area (TPSA) is 68.0 Å². The number of amides is 1. The number of fused-ring (bicyclic) bond motifs is 1. The molecule has 4 nitrogen and oxygen atoms in total. The Balaban J connectivity index is 2.41. The third-order valence-corrected chi connectivity index (χ3v) is 2.36. The summed E-state index contributed by atoms with van der Waals surface area (Å²) in [4.78, 5) is 15.5. The van der Waals surface area contributed by atoms with E-state index in [2.05, 4.69) is 10.3 Å². The maximum absolute atomic E-state index is 11.5. The van der Waals surface area contributed by atoms with Crippen LogP contribution in [-0.4, -0.2) is 16.9 Å². The van der Waals surface area contributed by atoms with E-state index < -0.39 is 6.04 Å². The van der Waals surface area contributed by atoms with Gasteiger partial charge in [-0.2, -0.15) is 0 Å². The van der Waals surface area contributed by atoms with Crippen molar-refractivity contribution in [3.8, 4) is 0 Å². The molecule has 0 radical (unpaired) electrons. The van der Waals surface area contributed by atoms with E-state index in [9.17, 15) is 4.79 Å². The number of carbonyl (C=O) groups excluding carboxylic acids is 1. The summed E-state index contributed by atoms with van der Waals surface area (Å²) in [6.45, 7) is 1.65. The van der Waals surface area contributed by atoms with Crippen LogP contribution >= 0.6 is 0 Å². The van der Waals surface area contributed by atoms with E-state index in [0.717, 1.165) is 16.5 Å². The molecule has 0 saturated carbocycles. The summed E-state index contributed by atoms with van der Waals surface area (Å²) in [6, 6.07) is 7.07. The molecule has 0 aliphatic heterocycles. The van der Waals surface area contributed by atoms with Crippen LogP contribution in [-0.2, 0) is 4.79 Å². The summed E-state index contributed by atoms with van der Waals surface area (Å²) in [5.41, 5.74) is 6.24. The van der Waals surface area contributed by atoms with Crippen LogP contribution in [0.2, 0.25) is 0 Å². The third-order valence-electron chi connectivity index (χ3n) is 2.36. The Kier molecular flexibility index (Phi) is 2.83. The molecule has 0 saturated heterocycles. The van der Waals surface area contributed by atoms with Gasteiger partial charge in [-0.1, -0.05) is 12.1 Å². The average Bonchev–Trinajstić information content (AvgIpc) is 2.29. The van der Waals surface area contributed by atoms with Crippen LogP contribution in [0.25, 0.3) is 10.8 Å². The van der Waals surface area contributed by atoms with Gasteiger partial charge in [0.15, 0.2) is 0 Å². The van der Waals surface area contributed by atoms with Crippen molar-refractivity contribution in [3.63, 3.8) is 0 Å². The Hall–Kier alpha value is -1.94. The molecule has 16 heavy (non-hydrogen) atoms. The molecule has 0 aliphatic carbocycles. The standard InChI is InChI=1S/C12H13N3O/c1-8(13)12(16)15-11-4-2-3-9-5-6-14-7-10(9)11/h2-8H,13H2,1H3,(H,15,16). The Labute approximate surface area is 93.5 Å². The fraction of sp³-hybridized carbons (Fsp3) is 0.167. The van der Waals surface area contributed by atoms with Gasteiger partial charge in [-0.3, -0.25) is 9.78 Å². The number of nitrogens with two attached hydrogens (primary N) is 1. The van der Waals surface area contributed by atoms with Gasteiger partial charge in [0, 0.05) is 17.8 Å². The van der Waals surface area contributed by atoms with Crippen molar-refractivity contribution in [2.75, 3.05) is 5.32 Å². The Morgan fingerprint density at radius 3 is 3.00 bits per heavy atom. The van der Waals surface area contributed by atoms with Crippen LogP contribution in [0, 0.1) is 0 Å². The summed E-state index contributed by atoms with van der Waals surface area (Å²) < 4.78 is 0. The molecule has 4 heteroatoms. The van der Waals surface area contributed by atoms with Crippen molar-refractivity contribution in [3.05, 3.63) is 36.7 Å². The molecule has 0 aliphatic rings. The first-order valence-corrected chi connectivity index (χ1v) is 5.07. The van der Waals surface area contributed by atoms with Gasteiger partial charge in [0.05, 0.1) is 11.7 Å². The Bertz CT molecular complexity index is 517. The fourth-order valence-corrected chi connectivity index (χ4v) is 1.47. The lowest BCUT2D eigenvalue weighted by molar-refractivity contribution is -0.117. The number of nitrogens with zero attached hydrogens (tertiary/aromatic N) is 1. The van der Waals surface area contributed by atoms with Gasteiger partial charge in [-0.15, -0.1) is 0 Å². The normalized spacial score (nSPS) is 12.4. The highest BCUT2D eigenvalue weighted by Crippen LogP contribution is 2.21. The summed E-state index contributed by atoms with van der Waals surface area (Å²) in [6.07, 6.45) is 3.45. The van der Waals surface area contributed by atoms with Gasteiger partial charge in [-0.25, -0.2) is 0 Å². The van der Waals surface area contributed by atoms with Crippen molar-refractivity contribution >= 4 is 22.4 Å². The number of hydrogen-bond donors (Lipinski definition) is 2. The number of anilines is 1. The van der Waals surface area contributed by atoms with E-state index >= 15 is 0 Å². The first kappa shape index (κ1) is 10.6. The summed E-state index contributed by atoms with van der Waals surface area (Å²) in [5, 5.41) is 4.74. The second-order valence-corrected chi connectivity index (χ2v) is 3.68. The first-order valence-electron chi connectivity index (χ1n) is 5.07. The monoisotopic (exact) mass is 215 g/mol. The largest absolute Gasteiger partial charge is 0.324 e. The van der Waals surface area contributed by atoms with Crippen molar-refractivity contribution in [2.45, 2.75) is 13.0 Å². The summed E-state index contributed by atoms with van der Waals surface area (Å²) in [7, 11) is 0. The lowest BCUT2D eigenvalue weighted by Gasteiger charge is -2.09. The van der Waals surface area contributed by atoms with Crippen molar-refractivity contribution < 1.29 is 4.79 Å². The molecule has 1 unspecified atom stereocenters. The van der Waals surface area contributed by atoms with Crippen LogP contribution in [0.3, 0.4) is 0 Å². The zero-order valence-electron chi connectivity index (χ0n) is 8.97. The van der Waals surface area contributed by atoms with Crippen molar-refractivity contribution in [1.29, 1.82) is 0 Å². The van der Waals surface area contributed by atoms with E-state index in [1.54, 1.807) is 19.3 Å². The Morgan fingerprint density at radius 2 is 2.25 bits per heavy atom. The minimum absolute atomic E-state index is 0.198. The molecule has 82 valence electrons. The second kappa shape index (κ2) is 4.28. The summed E-state index contributed by atoms with van der Waals surface area (Å²) in [5.74, 6) is -0.198. The zero-order valence-corrected chi connectivity index (χ0v) is 8.97. The van der Waals surface area contributed by atoms with E-state index in [1.807, 2.05) is 24.3 Å². The number of rotatable bonds is 2. The predicted octanol–water partition coefficient (Wildman–Crippen LogP) is 1.52. The smallest absolute Gasteiger partial charge is 0.241 e. The molecule has 1 amide bonds. The number of pyridine rings is 1. The van der Waals surface area contributed by atoms with Crippen molar-refractivity contribution in [2.24, 2.45) is 5.73 Å². The van der Waals surface area contributed by atoms with Gasteiger partial charge in [-0.05, 0) is 24.4 Å². The van der Waals surface area contributed by atoms with Crippen LogP contribution in [0.15, 0.2) is 36.7 Å². The predicted molar refractivity (Wildman–Crippen MR) is 64.0 cm³/mol. The first-order chi connectivity index (χ1) is 7.68. The van der Waals surface area contributed by atoms with E-state index in [1.165, 1.54) is 0 Å². The van der Waals surface area contributed by atoms with Crippen molar-refractivity contribution in [1.82, 2.24) is 4.98 Å². The second-order valence-electron chi connectivity index (χ2n) is 3.68. The number of hydrogen-bond acceptors (Lipinski definition) is 3. The maximum Gasteiger partial charge on any atom is 0.241 e. The number of aromatic nitrogens is 1. The highest BCUT2D eigenvalue weighted by Gasteiger charge is 2.09. The maximum atomic E-state index is 11.5. The van der Waals surface area contributed by atoms with Gasteiger partial charge in [0.1, 0.15) is 0 Å². The Morgan fingerprint density at radius 1 is 1.44 bits per heavy atom. The SMILES string of the molecule is CC(N)C(=O)Nc1cccc2ccncc12. The fourth-order valence-electron chi connectivity index (χ4n) is 1.47. The van der Waals surface area contributed by atoms with Crippen LogP contribution in [0.4, 0.5) is 5.69 Å². The molecule has 0 bridgehead atoms. The molecule has 2 aromatic rings. The quantitative estimate of drug-likeness (QED) is 0.798. The van der Waals surface area contributed by atoms with Crippen LogP contribution in [0.1, 0.15) is 6.92 Å². The van der Waals surface area contributed by atoms with Crippen LogP contribution in [0.5, 0.6) is 0 Å². The van der Waals surface area contributed by atoms with Gasteiger partial charge in [0.2, 0.25) is 5.91 Å². The van der Waals surface area contributed by atoms with E-state index in [4.69, 9.17) is 5.73 Å². The number of benzene rings is 1. The van der Waals surface area contributed by atoms with Gasteiger partial charge >= 0.3 is 0 Å². The minimum Gasteiger partial charge on any atom is -0.324 e. The third kappa shape index (κ3) is 2.01.